The van der Waals surface area contributed by atoms with Crippen molar-refractivity contribution in [2.45, 2.75) is 0 Å². The first-order chi connectivity index (χ1) is 11.2. The lowest BCUT2D eigenvalue weighted by atomic mass is 9.95. The molecule has 0 amide bonds. The summed E-state index contributed by atoms with van der Waals surface area (Å²) in [6.07, 6.45) is 0. The SMILES string of the molecule is COC1=C(N=[N+]=[N-])C(=O)c2ccc(-c3ccccc3)nc2C1=O. The Hall–Kier alpha value is -3.44. The summed E-state index contributed by atoms with van der Waals surface area (Å²) in [5.74, 6) is -1.46. The minimum atomic E-state index is -0.582. The maximum Gasteiger partial charge on any atom is 0.247 e. The van der Waals surface area contributed by atoms with Crippen LogP contribution in [0.3, 0.4) is 0 Å². The van der Waals surface area contributed by atoms with Gasteiger partial charge in [0.1, 0.15) is 11.4 Å². The minimum Gasteiger partial charge on any atom is -0.492 e. The number of allylic oxidation sites excluding steroid dienone is 2. The summed E-state index contributed by atoms with van der Waals surface area (Å²) in [4.78, 5) is 31.7. The zero-order chi connectivity index (χ0) is 16.4. The van der Waals surface area contributed by atoms with Crippen molar-refractivity contribution in [2.24, 2.45) is 5.11 Å². The number of benzene rings is 1. The van der Waals surface area contributed by atoms with Gasteiger partial charge in [0.2, 0.25) is 11.6 Å². The summed E-state index contributed by atoms with van der Waals surface area (Å²) >= 11 is 0. The number of hydrogen-bond donors (Lipinski definition) is 0. The molecule has 1 heterocycles. The molecule has 3 rings (SSSR count). The van der Waals surface area contributed by atoms with Gasteiger partial charge in [-0.05, 0) is 17.7 Å². The Bertz CT molecular complexity index is 897. The summed E-state index contributed by atoms with van der Waals surface area (Å²) in [6, 6.07) is 12.4. The van der Waals surface area contributed by atoms with Crippen molar-refractivity contribution >= 4 is 11.6 Å². The van der Waals surface area contributed by atoms with Crippen LogP contribution in [0.2, 0.25) is 0 Å². The fraction of sp³-hybridized carbons (Fsp3) is 0.0625. The predicted molar refractivity (Wildman–Crippen MR) is 81.5 cm³/mol. The molecule has 7 nitrogen and oxygen atoms in total. The van der Waals surface area contributed by atoms with Gasteiger partial charge in [-0.2, -0.15) is 0 Å². The van der Waals surface area contributed by atoms with Crippen LogP contribution in [-0.2, 0) is 4.74 Å². The number of fused-ring (bicyclic) bond motifs is 1. The molecular weight excluding hydrogens is 296 g/mol. The van der Waals surface area contributed by atoms with Crippen LogP contribution in [0, 0.1) is 0 Å². The van der Waals surface area contributed by atoms with Crippen LogP contribution < -0.4 is 0 Å². The van der Waals surface area contributed by atoms with E-state index in [0.717, 1.165) is 5.56 Å². The molecule has 0 spiro atoms. The first-order valence-corrected chi connectivity index (χ1v) is 6.66. The molecule has 0 fully saturated rings. The Kier molecular flexibility index (Phi) is 3.62. The Morgan fingerprint density at radius 2 is 1.83 bits per heavy atom. The number of pyridine rings is 1. The predicted octanol–water partition coefficient (Wildman–Crippen LogP) is 3.30. The fourth-order valence-electron chi connectivity index (χ4n) is 2.36. The smallest absolute Gasteiger partial charge is 0.247 e. The van der Waals surface area contributed by atoms with E-state index >= 15 is 0 Å². The Morgan fingerprint density at radius 3 is 2.48 bits per heavy atom. The molecule has 1 aromatic carbocycles. The zero-order valence-electron chi connectivity index (χ0n) is 12.1. The number of ether oxygens (including phenoxy) is 1. The van der Waals surface area contributed by atoms with E-state index in [4.69, 9.17) is 10.3 Å². The molecule has 1 aliphatic carbocycles. The van der Waals surface area contributed by atoms with Gasteiger partial charge in [-0.3, -0.25) is 9.59 Å². The molecule has 0 N–H and O–H groups in total. The van der Waals surface area contributed by atoms with Crippen molar-refractivity contribution in [1.29, 1.82) is 0 Å². The molecule has 0 aliphatic heterocycles. The average Bonchev–Trinajstić information content (AvgIpc) is 2.60. The first-order valence-electron chi connectivity index (χ1n) is 6.66. The van der Waals surface area contributed by atoms with Crippen molar-refractivity contribution in [3.8, 4) is 11.3 Å². The molecule has 1 aliphatic rings. The lowest BCUT2D eigenvalue weighted by Crippen LogP contribution is -2.23. The largest absolute Gasteiger partial charge is 0.492 e. The lowest BCUT2D eigenvalue weighted by Gasteiger charge is -2.17. The highest BCUT2D eigenvalue weighted by molar-refractivity contribution is 6.25. The van der Waals surface area contributed by atoms with Crippen molar-refractivity contribution in [3.05, 3.63) is 75.6 Å². The molecule has 0 atom stereocenters. The lowest BCUT2D eigenvalue weighted by molar-refractivity contribution is 0.0900. The van der Waals surface area contributed by atoms with Gasteiger partial charge in [0, 0.05) is 10.5 Å². The molecule has 23 heavy (non-hydrogen) atoms. The summed E-state index contributed by atoms with van der Waals surface area (Å²) in [5.41, 5.74) is 9.69. The quantitative estimate of drug-likeness (QED) is 0.492. The highest BCUT2D eigenvalue weighted by atomic mass is 16.5. The number of azide groups is 1. The van der Waals surface area contributed by atoms with Crippen LogP contribution in [0.25, 0.3) is 21.7 Å². The molecule has 0 radical (unpaired) electrons. The van der Waals surface area contributed by atoms with Crippen LogP contribution in [0.15, 0.2) is 59.0 Å². The van der Waals surface area contributed by atoms with Crippen LogP contribution in [0.1, 0.15) is 20.8 Å². The highest BCUT2D eigenvalue weighted by Crippen LogP contribution is 2.28. The molecule has 0 bridgehead atoms. The maximum atomic E-state index is 12.5. The second kappa shape index (κ2) is 5.75. The number of methoxy groups -OCH3 is 1. The second-order valence-electron chi connectivity index (χ2n) is 4.69. The number of carbonyl (C=O) groups excluding carboxylic acids is 2. The topological polar surface area (TPSA) is 105 Å². The summed E-state index contributed by atoms with van der Waals surface area (Å²) < 4.78 is 4.95. The summed E-state index contributed by atoms with van der Waals surface area (Å²) in [7, 11) is 1.24. The van der Waals surface area contributed by atoms with Crippen molar-refractivity contribution in [3.63, 3.8) is 0 Å². The van der Waals surface area contributed by atoms with Crippen LogP contribution in [0.5, 0.6) is 0 Å². The van der Waals surface area contributed by atoms with Crippen LogP contribution in [-0.4, -0.2) is 23.7 Å². The van der Waals surface area contributed by atoms with Gasteiger partial charge >= 0.3 is 0 Å². The van der Waals surface area contributed by atoms with Gasteiger partial charge in [0.15, 0.2) is 5.76 Å². The third-order valence-corrected chi connectivity index (χ3v) is 3.41. The van der Waals surface area contributed by atoms with Gasteiger partial charge < -0.3 is 4.74 Å². The standard InChI is InChI=1S/C16H10N4O3/c1-23-16-13(19-20-17)14(21)10-7-8-11(18-12(10)15(16)22)9-5-3-2-4-6-9/h2-8H,1H3. The molecule has 0 saturated heterocycles. The van der Waals surface area contributed by atoms with Gasteiger partial charge in [-0.15, -0.1) is 0 Å². The molecule has 112 valence electrons. The number of ketones is 2. The van der Waals surface area contributed by atoms with E-state index in [1.807, 2.05) is 30.3 Å². The Balaban J connectivity index is 2.18. The van der Waals surface area contributed by atoms with E-state index in [1.165, 1.54) is 13.2 Å². The van der Waals surface area contributed by atoms with E-state index < -0.39 is 11.6 Å². The Labute approximate surface area is 130 Å². The number of nitrogens with zero attached hydrogens (tertiary/aromatic N) is 4. The third-order valence-electron chi connectivity index (χ3n) is 3.41. The number of rotatable bonds is 3. The molecule has 2 aromatic rings. The van der Waals surface area contributed by atoms with E-state index in [1.54, 1.807) is 6.07 Å². The fourth-order valence-corrected chi connectivity index (χ4v) is 2.36. The maximum absolute atomic E-state index is 12.5. The second-order valence-corrected chi connectivity index (χ2v) is 4.69. The van der Waals surface area contributed by atoms with Gasteiger partial charge in [-0.25, -0.2) is 4.98 Å². The number of carbonyl (C=O) groups is 2. The third kappa shape index (κ3) is 2.35. The van der Waals surface area contributed by atoms with Crippen LogP contribution in [0.4, 0.5) is 0 Å². The first kappa shape index (κ1) is 14.5. The monoisotopic (exact) mass is 306 g/mol. The molecule has 7 heteroatoms. The van der Waals surface area contributed by atoms with Crippen molar-refractivity contribution in [2.75, 3.05) is 7.11 Å². The number of aromatic nitrogens is 1. The minimum absolute atomic E-state index is 0.00917. The van der Waals surface area contributed by atoms with E-state index in [2.05, 4.69) is 15.0 Å². The van der Waals surface area contributed by atoms with E-state index in [9.17, 15) is 9.59 Å². The molecule has 0 unspecified atom stereocenters. The van der Waals surface area contributed by atoms with Crippen LogP contribution >= 0.6 is 0 Å². The number of Topliss-reactive ketones (excluding diaryl/α,β-unsaturated/α-hetero) is 2. The van der Waals surface area contributed by atoms with Gasteiger partial charge in [-0.1, -0.05) is 35.4 Å². The molecular formula is C16H10N4O3. The Morgan fingerprint density at radius 1 is 1.09 bits per heavy atom. The zero-order valence-corrected chi connectivity index (χ0v) is 12.1. The van der Waals surface area contributed by atoms with Gasteiger partial charge in [0.25, 0.3) is 0 Å². The average molecular weight is 306 g/mol. The van der Waals surface area contributed by atoms with E-state index in [0.29, 0.717) is 5.69 Å². The normalized spacial score (nSPS) is 13.4. The highest BCUT2D eigenvalue weighted by Gasteiger charge is 2.34. The summed E-state index contributed by atoms with van der Waals surface area (Å²) in [5, 5.41) is 3.28. The summed E-state index contributed by atoms with van der Waals surface area (Å²) in [6.45, 7) is 0. The van der Waals surface area contributed by atoms with Crippen molar-refractivity contribution < 1.29 is 14.3 Å². The molecule has 0 saturated carbocycles. The molecule has 1 aromatic heterocycles. The van der Waals surface area contributed by atoms with Crippen molar-refractivity contribution in [1.82, 2.24) is 4.98 Å². The number of hydrogen-bond acceptors (Lipinski definition) is 5. The van der Waals surface area contributed by atoms with Gasteiger partial charge in [0.05, 0.1) is 18.4 Å². The van der Waals surface area contributed by atoms with E-state index in [-0.39, 0.29) is 22.7 Å².